The summed E-state index contributed by atoms with van der Waals surface area (Å²) in [4.78, 5) is 31.3. The number of hydrogen-bond donors (Lipinski definition) is 3. The Bertz CT molecular complexity index is 1290. The normalized spacial score (nSPS) is 12.0. The first-order chi connectivity index (χ1) is 16.3. The highest BCUT2D eigenvalue weighted by atomic mass is 16.3. The van der Waals surface area contributed by atoms with Gasteiger partial charge in [-0.05, 0) is 52.9 Å². The van der Waals surface area contributed by atoms with Crippen molar-refractivity contribution in [2.75, 3.05) is 12.4 Å². The van der Waals surface area contributed by atoms with Crippen LogP contribution in [-0.2, 0) is 16.0 Å². The highest BCUT2D eigenvalue weighted by molar-refractivity contribution is 5.98. The lowest BCUT2D eigenvalue weighted by molar-refractivity contribution is -0.136. The minimum absolute atomic E-state index is 0.0969. The number of carbonyl (C=O) groups is 2. The molecule has 0 bridgehead atoms. The summed E-state index contributed by atoms with van der Waals surface area (Å²) in [5.74, 6) is 0.0514. The van der Waals surface area contributed by atoms with Gasteiger partial charge in [-0.3, -0.25) is 9.59 Å². The van der Waals surface area contributed by atoms with E-state index in [4.69, 9.17) is 0 Å². The molecule has 34 heavy (non-hydrogen) atoms. The third kappa shape index (κ3) is 4.96. The maximum Gasteiger partial charge on any atom is 0.251 e. The number of H-pyrrole nitrogens is 1. The molecule has 1 aromatic heterocycles. The van der Waals surface area contributed by atoms with E-state index in [1.54, 1.807) is 31.4 Å². The van der Waals surface area contributed by atoms with Crippen molar-refractivity contribution in [3.63, 3.8) is 0 Å². The summed E-state index contributed by atoms with van der Waals surface area (Å²) in [5.41, 5.74) is 4.20. The van der Waals surface area contributed by atoms with Gasteiger partial charge < -0.3 is 20.3 Å². The van der Waals surface area contributed by atoms with Gasteiger partial charge in [-0.15, -0.1) is 0 Å². The lowest BCUT2D eigenvalue weighted by atomic mass is 10.0. The van der Waals surface area contributed by atoms with Crippen LogP contribution in [0.25, 0.3) is 10.9 Å². The number of aromatic hydroxyl groups is 1. The Morgan fingerprint density at radius 3 is 2.35 bits per heavy atom. The van der Waals surface area contributed by atoms with Gasteiger partial charge in [0.25, 0.3) is 5.91 Å². The van der Waals surface area contributed by atoms with Crippen molar-refractivity contribution in [1.29, 1.82) is 0 Å². The third-order valence-corrected chi connectivity index (χ3v) is 6.08. The number of fused-ring (bicyclic) bond motifs is 1. The van der Waals surface area contributed by atoms with Crippen LogP contribution in [-0.4, -0.2) is 33.9 Å². The second kappa shape index (κ2) is 9.83. The number of phenolic OH excluding ortho intramolecular Hbond substituents is 1. The van der Waals surface area contributed by atoms with Crippen molar-refractivity contribution in [2.24, 2.45) is 0 Å². The second-order valence-corrected chi connectivity index (χ2v) is 8.80. The lowest BCUT2D eigenvalue weighted by Crippen LogP contribution is -2.39. The smallest absolute Gasteiger partial charge is 0.251 e. The first kappa shape index (κ1) is 23.1. The molecule has 6 heteroatoms. The number of likely N-dealkylation sites (N-methyl/N-ethyl adjacent to an activating group) is 1. The summed E-state index contributed by atoms with van der Waals surface area (Å²) < 4.78 is 0. The Morgan fingerprint density at radius 2 is 1.68 bits per heavy atom. The van der Waals surface area contributed by atoms with Gasteiger partial charge >= 0.3 is 0 Å². The number of benzene rings is 3. The van der Waals surface area contributed by atoms with Crippen molar-refractivity contribution >= 4 is 28.4 Å². The summed E-state index contributed by atoms with van der Waals surface area (Å²) in [6, 6.07) is 21.3. The van der Waals surface area contributed by atoms with E-state index in [0.29, 0.717) is 11.6 Å². The van der Waals surface area contributed by atoms with Gasteiger partial charge in [0.15, 0.2) is 0 Å². The molecule has 0 saturated heterocycles. The zero-order valence-corrected chi connectivity index (χ0v) is 19.6. The number of carbonyl (C=O) groups excluding carboxylic acids is 2. The second-order valence-electron chi connectivity index (χ2n) is 8.80. The molecule has 0 aliphatic carbocycles. The van der Waals surface area contributed by atoms with E-state index in [9.17, 15) is 14.7 Å². The van der Waals surface area contributed by atoms with Crippen LogP contribution < -0.4 is 5.32 Å². The predicted octanol–water partition coefficient (Wildman–Crippen LogP) is 5.38. The molecule has 174 valence electrons. The number of phenols is 1. The monoisotopic (exact) mass is 455 g/mol. The summed E-state index contributed by atoms with van der Waals surface area (Å²) in [7, 11) is 1.65. The number of aromatic nitrogens is 1. The maximum absolute atomic E-state index is 13.4. The highest BCUT2D eigenvalue weighted by Crippen LogP contribution is 2.27. The van der Waals surface area contributed by atoms with Crippen LogP contribution in [0, 0.1) is 0 Å². The average Bonchev–Trinajstić information content (AvgIpc) is 3.21. The topological polar surface area (TPSA) is 85.4 Å². The number of anilines is 1. The Hall–Kier alpha value is -4.06. The Morgan fingerprint density at radius 1 is 0.971 bits per heavy atom. The first-order valence-electron chi connectivity index (χ1n) is 11.3. The number of rotatable bonds is 7. The van der Waals surface area contributed by atoms with Crippen molar-refractivity contribution in [1.82, 2.24) is 9.88 Å². The minimum atomic E-state index is -0.794. The number of aromatic amines is 1. The van der Waals surface area contributed by atoms with Crippen molar-refractivity contribution < 1.29 is 14.7 Å². The fourth-order valence-electron chi connectivity index (χ4n) is 4.09. The standard InChI is InChI=1S/C28H29N3O3/c1-18(2)19-9-11-22(12-10-19)30-28(34)27(20-7-5-4-6-8-20)31(3)26(33)15-21-17-29-25-14-13-23(32)16-24(21)25/h4-14,16-18,27,29,32H,15H2,1-3H3,(H,30,34). The van der Waals surface area contributed by atoms with Gasteiger partial charge in [0.1, 0.15) is 11.8 Å². The molecule has 6 nitrogen and oxygen atoms in total. The van der Waals surface area contributed by atoms with Crippen LogP contribution >= 0.6 is 0 Å². The molecule has 0 fully saturated rings. The maximum atomic E-state index is 13.4. The molecule has 1 atom stereocenters. The Balaban J connectivity index is 1.57. The van der Waals surface area contributed by atoms with E-state index >= 15 is 0 Å². The molecule has 0 radical (unpaired) electrons. The van der Waals surface area contributed by atoms with Crippen LogP contribution in [0.1, 0.15) is 42.5 Å². The highest BCUT2D eigenvalue weighted by Gasteiger charge is 2.29. The van der Waals surface area contributed by atoms with Crippen LogP contribution in [0.2, 0.25) is 0 Å². The zero-order chi connectivity index (χ0) is 24.2. The number of nitrogens with one attached hydrogen (secondary N) is 2. The molecule has 0 spiro atoms. The van der Waals surface area contributed by atoms with Crippen LogP contribution in [0.5, 0.6) is 5.75 Å². The molecular formula is C28H29N3O3. The summed E-state index contributed by atoms with van der Waals surface area (Å²) in [5, 5.41) is 13.6. The van der Waals surface area contributed by atoms with E-state index < -0.39 is 6.04 Å². The van der Waals surface area contributed by atoms with Gasteiger partial charge in [-0.2, -0.15) is 0 Å². The fourth-order valence-corrected chi connectivity index (χ4v) is 4.09. The van der Waals surface area contributed by atoms with Gasteiger partial charge in [0.05, 0.1) is 6.42 Å². The lowest BCUT2D eigenvalue weighted by Gasteiger charge is -2.28. The fraction of sp³-hybridized carbons (Fsp3) is 0.214. The van der Waals surface area contributed by atoms with E-state index in [1.165, 1.54) is 10.5 Å². The van der Waals surface area contributed by atoms with Gasteiger partial charge in [-0.25, -0.2) is 0 Å². The third-order valence-electron chi connectivity index (χ3n) is 6.08. The summed E-state index contributed by atoms with van der Waals surface area (Å²) >= 11 is 0. The molecule has 1 unspecified atom stereocenters. The molecule has 0 saturated carbocycles. The molecule has 3 aromatic carbocycles. The minimum Gasteiger partial charge on any atom is -0.508 e. The quantitative estimate of drug-likeness (QED) is 0.350. The number of amides is 2. The van der Waals surface area contributed by atoms with Crippen LogP contribution in [0.3, 0.4) is 0 Å². The molecule has 4 rings (SSSR count). The molecule has 3 N–H and O–H groups in total. The van der Waals surface area contributed by atoms with Crippen molar-refractivity contribution in [3.8, 4) is 5.75 Å². The largest absolute Gasteiger partial charge is 0.508 e. The van der Waals surface area contributed by atoms with E-state index in [-0.39, 0.29) is 24.0 Å². The summed E-state index contributed by atoms with van der Waals surface area (Å²) in [6.07, 6.45) is 1.86. The summed E-state index contributed by atoms with van der Waals surface area (Å²) in [6.45, 7) is 4.24. The number of hydrogen-bond acceptors (Lipinski definition) is 3. The van der Waals surface area contributed by atoms with Crippen LogP contribution in [0.15, 0.2) is 79.0 Å². The van der Waals surface area contributed by atoms with E-state index in [2.05, 4.69) is 24.1 Å². The van der Waals surface area contributed by atoms with Gasteiger partial charge in [-0.1, -0.05) is 56.3 Å². The van der Waals surface area contributed by atoms with Crippen molar-refractivity contribution in [2.45, 2.75) is 32.2 Å². The van der Waals surface area contributed by atoms with E-state index in [1.807, 2.05) is 54.6 Å². The molecule has 2 amide bonds. The van der Waals surface area contributed by atoms with E-state index in [0.717, 1.165) is 22.0 Å². The zero-order valence-electron chi connectivity index (χ0n) is 19.6. The first-order valence-corrected chi connectivity index (χ1v) is 11.3. The average molecular weight is 456 g/mol. The number of nitrogens with zero attached hydrogens (tertiary/aromatic N) is 1. The van der Waals surface area contributed by atoms with Crippen molar-refractivity contribution in [3.05, 3.63) is 95.7 Å². The predicted molar refractivity (Wildman–Crippen MR) is 135 cm³/mol. The molecule has 0 aliphatic heterocycles. The van der Waals surface area contributed by atoms with Crippen LogP contribution in [0.4, 0.5) is 5.69 Å². The van der Waals surface area contributed by atoms with Gasteiger partial charge in [0, 0.05) is 29.8 Å². The molecule has 4 aromatic rings. The Kier molecular flexibility index (Phi) is 6.68. The van der Waals surface area contributed by atoms with Gasteiger partial charge in [0.2, 0.25) is 5.91 Å². The molecule has 1 heterocycles. The SMILES string of the molecule is CC(C)c1ccc(NC(=O)C(c2ccccc2)N(C)C(=O)Cc2c[nH]c3ccc(O)cc23)cc1. The molecular weight excluding hydrogens is 426 g/mol. The molecule has 0 aliphatic rings. The Labute approximate surface area is 199 Å².